The van der Waals surface area contributed by atoms with Gasteiger partial charge in [-0.3, -0.25) is 4.79 Å². The van der Waals surface area contributed by atoms with Crippen LogP contribution in [0.4, 0.5) is 5.69 Å². The highest BCUT2D eigenvalue weighted by atomic mass is 79.9. The van der Waals surface area contributed by atoms with Gasteiger partial charge in [0.1, 0.15) is 11.6 Å². The lowest BCUT2D eigenvalue weighted by Gasteiger charge is -2.16. The molecule has 5 nitrogen and oxygen atoms in total. The quantitative estimate of drug-likeness (QED) is 0.317. The van der Waals surface area contributed by atoms with Crippen LogP contribution in [0.1, 0.15) is 26.3 Å². The summed E-state index contributed by atoms with van der Waals surface area (Å²) in [5.41, 5.74) is 1.27. The summed E-state index contributed by atoms with van der Waals surface area (Å²) in [4.78, 5) is 12.9. The van der Waals surface area contributed by atoms with Crippen LogP contribution >= 0.6 is 15.9 Å². The number of carbonyl (C=O) groups excluding carboxylic acids is 1. The van der Waals surface area contributed by atoms with Gasteiger partial charge in [-0.2, -0.15) is 5.26 Å². The van der Waals surface area contributed by atoms with Crippen molar-refractivity contribution in [1.82, 2.24) is 0 Å². The number of nitriles is 1. The summed E-state index contributed by atoms with van der Waals surface area (Å²) in [5, 5.41) is 14.4. The molecule has 3 aromatic carbocycles. The van der Waals surface area contributed by atoms with Gasteiger partial charge in [0.15, 0.2) is 11.5 Å². The average Bonchev–Trinajstić information content (AvgIpc) is 2.74. The van der Waals surface area contributed by atoms with Crippen molar-refractivity contribution in [2.45, 2.75) is 26.9 Å². The third kappa shape index (κ3) is 5.44. The fraction of sp³-hybridized carbons (Fsp3) is 0.200. The Bertz CT molecular complexity index is 1170. The molecule has 0 aromatic heterocycles. The van der Waals surface area contributed by atoms with Crippen molar-refractivity contribution in [3.8, 4) is 17.6 Å². The number of anilines is 1. The molecule has 3 aromatic rings. The molecule has 0 aliphatic carbocycles. The Morgan fingerprint density at radius 1 is 1.16 bits per heavy atom. The third-order valence-electron chi connectivity index (χ3n) is 4.43. The molecule has 0 heterocycles. The number of nitrogens with zero attached hydrogens (tertiary/aromatic N) is 1. The number of rotatable bonds is 7. The van der Waals surface area contributed by atoms with E-state index >= 15 is 0 Å². The van der Waals surface area contributed by atoms with Crippen molar-refractivity contribution in [1.29, 1.82) is 5.26 Å². The van der Waals surface area contributed by atoms with Gasteiger partial charge in [-0.25, -0.2) is 0 Å². The molecular formula is C25H23BrN2O3. The van der Waals surface area contributed by atoms with Gasteiger partial charge in [-0.15, -0.1) is 0 Å². The summed E-state index contributed by atoms with van der Waals surface area (Å²) in [7, 11) is 0. The second kappa shape index (κ2) is 10.1. The van der Waals surface area contributed by atoms with Crippen LogP contribution in [-0.2, 0) is 4.79 Å². The predicted molar refractivity (Wildman–Crippen MR) is 127 cm³/mol. The van der Waals surface area contributed by atoms with Gasteiger partial charge in [0.2, 0.25) is 0 Å². The molecule has 0 unspecified atom stereocenters. The van der Waals surface area contributed by atoms with Crippen LogP contribution in [-0.4, -0.2) is 18.6 Å². The number of fused-ring (bicyclic) bond motifs is 1. The number of amides is 1. The van der Waals surface area contributed by atoms with E-state index in [0.717, 1.165) is 10.8 Å². The van der Waals surface area contributed by atoms with Crippen molar-refractivity contribution in [2.24, 2.45) is 0 Å². The number of nitrogens with one attached hydrogen (secondary N) is 1. The molecule has 158 valence electrons. The molecule has 0 radical (unpaired) electrons. The van der Waals surface area contributed by atoms with E-state index in [-0.39, 0.29) is 11.7 Å². The Labute approximate surface area is 190 Å². The van der Waals surface area contributed by atoms with Gasteiger partial charge in [0.05, 0.1) is 12.7 Å². The molecular weight excluding hydrogens is 456 g/mol. The van der Waals surface area contributed by atoms with Gasteiger partial charge in [0.25, 0.3) is 5.91 Å². The maximum absolute atomic E-state index is 12.9. The molecule has 0 fully saturated rings. The summed E-state index contributed by atoms with van der Waals surface area (Å²) < 4.78 is 12.2. The first kappa shape index (κ1) is 22.4. The third-order valence-corrected chi connectivity index (χ3v) is 5.12. The molecule has 0 aliphatic rings. The van der Waals surface area contributed by atoms with E-state index < -0.39 is 5.91 Å². The summed E-state index contributed by atoms with van der Waals surface area (Å²) >= 11 is 3.51. The Morgan fingerprint density at radius 2 is 1.90 bits per heavy atom. The SMILES string of the molecule is CCOc1cc(/C=C(\C#N)C(=O)Nc2cccc3ccccc23)c(Br)cc1OC(C)C. The highest BCUT2D eigenvalue weighted by molar-refractivity contribution is 9.10. The fourth-order valence-corrected chi connectivity index (χ4v) is 3.54. The van der Waals surface area contributed by atoms with E-state index in [0.29, 0.717) is 33.8 Å². The van der Waals surface area contributed by atoms with Gasteiger partial charge < -0.3 is 14.8 Å². The van der Waals surface area contributed by atoms with Gasteiger partial charge in [0, 0.05) is 15.5 Å². The molecule has 0 saturated carbocycles. The van der Waals surface area contributed by atoms with Gasteiger partial charge in [-0.05, 0) is 56.0 Å². The topological polar surface area (TPSA) is 71.3 Å². The summed E-state index contributed by atoms with van der Waals surface area (Å²) in [6.07, 6.45) is 1.51. The molecule has 1 N–H and O–H groups in total. The van der Waals surface area contributed by atoms with Crippen LogP contribution in [0.3, 0.4) is 0 Å². The van der Waals surface area contributed by atoms with E-state index in [9.17, 15) is 10.1 Å². The zero-order valence-corrected chi connectivity index (χ0v) is 19.2. The maximum atomic E-state index is 12.9. The molecule has 0 spiro atoms. The average molecular weight is 479 g/mol. The van der Waals surface area contributed by atoms with Crippen molar-refractivity contribution in [2.75, 3.05) is 11.9 Å². The monoisotopic (exact) mass is 478 g/mol. The minimum absolute atomic E-state index is 0.0198. The zero-order valence-electron chi connectivity index (χ0n) is 17.6. The molecule has 6 heteroatoms. The predicted octanol–water partition coefficient (Wildman–Crippen LogP) is 6.33. The van der Waals surface area contributed by atoms with Crippen molar-refractivity contribution in [3.63, 3.8) is 0 Å². The fourth-order valence-electron chi connectivity index (χ4n) is 3.10. The van der Waals surface area contributed by atoms with Crippen LogP contribution in [0.5, 0.6) is 11.5 Å². The number of ether oxygens (including phenoxy) is 2. The second-order valence-electron chi connectivity index (χ2n) is 7.07. The molecule has 0 atom stereocenters. The van der Waals surface area contributed by atoms with Crippen molar-refractivity contribution >= 4 is 44.4 Å². The van der Waals surface area contributed by atoms with Gasteiger partial charge >= 0.3 is 0 Å². The van der Waals surface area contributed by atoms with Crippen LogP contribution < -0.4 is 14.8 Å². The number of benzene rings is 3. The van der Waals surface area contributed by atoms with E-state index in [4.69, 9.17) is 9.47 Å². The molecule has 3 rings (SSSR count). The minimum atomic E-state index is -0.480. The first-order valence-corrected chi connectivity index (χ1v) is 10.8. The molecule has 1 amide bonds. The highest BCUT2D eigenvalue weighted by Gasteiger charge is 2.15. The normalized spacial score (nSPS) is 11.3. The second-order valence-corrected chi connectivity index (χ2v) is 7.93. The van der Waals surface area contributed by atoms with E-state index in [1.54, 1.807) is 12.1 Å². The number of carbonyl (C=O) groups is 1. The standard InChI is InChI=1S/C25H23BrN2O3/c1-4-30-23-13-18(21(26)14-24(23)31-16(2)3)12-19(15-27)25(29)28-22-11-7-9-17-8-5-6-10-20(17)22/h5-14,16H,4H2,1-3H3,(H,28,29)/b19-12+. The summed E-state index contributed by atoms with van der Waals surface area (Å²) in [5.74, 6) is 0.670. The Hall–Kier alpha value is -3.30. The maximum Gasteiger partial charge on any atom is 0.266 e. The Morgan fingerprint density at radius 3 is 2.61 bits per heavy atom. The summed E-state index contributed by atoms with van der Waals surface area (Å²) in [6, 6.07) is 18.9. The van der Waals surface area contributed by atoms with E-state index in [1.165, 1.54) is 6.08 Å². The number of hydrogen-bond donors (Lipinski definition) is 1. The van der Waals surface area contributed by atoms with Crippen LogP contribution in [0, 0.1) is 11.3 Å². The van der Waals surface area contributed by atoms with Crippen LogP contribution in [0.25, 0.3) is 16.8 Å². The Kier molecular flexibility index (Phi) is 7.32. The molecule has 0 bridgehead atoms. The molecule has 0 aliphatic heterocycles. The minimum Gasteiger partial charge on any atom is -0.490 e. The van der Waals surface area contributed by atoms with Crippen molar-refractivity contribution in [3.05, 3.63) is 70.2 Å². The zero-order chi connectivity index (χ0) is 22.4. The molecule has 0 saturated heterocycles. The largest absolute Gasteiger partial charge is 0.490 e. The van der Waals surface area contributed by atoms with E-state index in [1.807, 2.05) is 69.3 Å². The van der Waals surface area contributed by atoms with Crippen LogP contribution in [0.2, 0.25) is 0 Å². The Balaban J connectivity index is 1.94. The number of halogens is 1. The highest BCUT2D eigenvalue weighted by Crippen LogP contribution is 2.35. The lowest BCUT2D eigenvalue weighted by molar-refractivity contribution is -0.112. The lowest BCUT2D eigenvalue weighted by Crippen LogP contribution is -2.13. The first-order chi connectivity index (χ1) is 14.9. The molecule has 31 heavy (non-hydrogen) atoms. The first-order valence-electron chi connectivity index (χ1n) is 9.96. The lowest BCUT2D eigenvalue weighted by atomic mass is 10.1. The van der Waals surface area contributed by atoms with Gasteiger partial charge in [-0.1, -0.05) is 52.3 Å². The van der Waals surface area contributed by atoms with Crippen molar-refractivity contribution < 1.29 is 14.3 Å². The summed E-state index contributed by atoms with van der Waals surface area (Å²) in [6.45, 7) is 6.21. The smallest absolute Gasteiger partial charge is 0.266 e. The number of hydrogen-bond acceptors (Lipinski definition) is 4. The van der Waals surface area contributed by atoms with Crippen LogP contribution in [0.15, 0.2) is 64.6 Å². The van der Waals surface area contributed by atoms with E-state index in [2.05, 4.69) is 21.2 Å².